The summed E-state index contributed by atoms with van der Waals surface area (Å²) in [5, 5.41) is 15.0. The molecule has 2 rings (SSSR count). The number of carbonyl (C=O) groups is 2. The minimum absolute atomic E-state index is 0.00725. The quantitative estimate of drug-likeness (QED) is 0.762. The van der Waals surface area contributed by atoms with E-state index in [2.05, 4.69) is 10.6 Å². The zero-order valence-corrected chi connectivity index (χ0v) is 11.2. The molecule has 1 aromatic carbocycles. The number of urea groups is 1. The Hall–Kier alpha value is -2.28. The molecule has 0 atom stereocenters. The van der Waals surface area contributed by atoms with Crippen LogP contribution >= 0.6 is 0 Å². The third-order valence-corrected chi connectivity index (χ3v) is 3.10. The van der Waals surface area contributed by atoms with Crippen molar-refractivity contribution < 1.29 is 19.4 Å². The van der Waals surface area contributed by atoms with E-state index in [-0.39, 0.29) is 17.3 Å². The van der Waals surface area contributed by atoms with Crippen molar-refractivity contribution in [2.24, 2.45) is 0 Å². The summed E-state index contributed by atoms with van der Waals surface area (Å²) in [5.74, 6) is -0.679. The molecular formula is C13H17N3O4. The van der Waals surface area contributed by atoms with Gasteiger partial charge in [0.15, 0.2) is 0 Å². The second-order valence-corrected chi connectivity index (χ2v) is 4.38. The number of hydrogen-bond acceptors (Lipinski definition) is 4. The molecule has 0 radical (unpaired) electrons. The van der Waals surface area contributed by atoms with Gasteiger partial charge in [-0.05, 0) is 18.2 Å². The number of carboxylic acid groups (broad SMARTS) is 1. The minimum Gasteiger partial charge on any atom is -0.497 e. The molecule has 0 spiro atoms. The van der Waals surface area contributed by atoms with Crippen LogP contribution in [0.15, 0.2) is 18.2 Å². The van der Waals surface area contributed by atoms with Crippen molar-refractivity contribution in [3.05, 3.63) is 23.8 Å². The standard InChI is InChI=1S/C13H17N3O4/c1-20-9-2-3-11(10(8-9)12(17)18)15-13(19)16-6-4-14-5-7-16/h2-3,8,14H,4-7H2,1H3,(H,15,19)(H,17,18). The summed E-state index contributed by atoms with van der Waals surface area (Å²) in [5.41, 5.74) is 0.273. The fourth-order valence-corrected chi connectivity index (χ4v) is 2.00. The first-order chi connectivity index (χ1) is 9.61. The Kier molecular flexibility index (Phi) is 4.41. The largest absolute Gasteiger partial charge is 0.497 e. The second kappa shape index (κ2) is 6.25. The summed E-state index contributed by atoms with van der Waals surface area (Å²) in [7, 11) is 1.46. The molecule has 1 saturated heterocycles. The minimum atomic E-state index is -1.11. The first kappa shape index (κ1) is 14.1. The Bertz CT molecular complexity index is 512. The number of methoxy groups -OCH3 is 1. The summed E-state index contributed by atoms with van der Waals surface area (Å²) in [6, 6.07) is 4.23. The van der Waals surface area contributed by atoms with Crippen LogP contribution in [0.4, 0.5) is 10.5 Å². The number of ether oxygens (including phenoxy) is 1. The molecule has 0 unspecified atom stereocenters. The van der Waals surface area contributed by atoms with Crippen molar-refractivity contribution in [2.75, 3.05) is 38.6 Å². The van der Waals surface area contributed by atoms with Gasteiger partial charge in [-0.1, -0.05) is 0 Å². The van der Waals surface area contributed by atoms with E-state index >= 15 is 0 Å². The lowest BCUT2D eigenvalue weighted by molar-refractivity contribution is 0.0697. The van der Waals surface area contributed by atoms with Gasteiger partial charge in [0.1, 0.15) is 5.75 Å². The first-order valence-electron chi connectivity index (χ1n) is 6.30. The second-order valence-electron chi connectivity index (χ2n) is 4.38. The lowest BCUT2D eigenvalue weighted by Crippen LogP contribution is -2.48. The number of piperazine rings is 1. The van der Waals surface area contributed by atoms with E-state index in [1.165, 1.54) is 19.2 Å². The van der Waals surface area contributed by atoms with Crippen LogP contribution in [0.25, 0.3) is 0 Å². The molecule has 1 aliphatic rings. The highest BCUT2D eigenvalue weighted by Gasteiger charge is 2.19. The van der Waals surface area contributed by atoms with Gasteiger partial charge in [0.05, 0.1) is 18.4 Å². The van der Waals surface area contributed by atoms with E-state index in [1.54, 1.807) is 11.0 Å². The molecule has 2 amide bonds. The van der Waals surface area contributed by atoms with Crippen LogP contribution < -0.4 is 15.4 Å². The average molecular weight is 279 g/mol. The molecule has 0 saturated carbocycles. The molecule has 1 heterocycles. The van der Waals surface area contributed by atoms with E-state index in [0.29, 0.717) is 18.8 Å². The van der Waals surface area contributed by atoms with Gasteiger partial charge in [-0.3, -0.25) is 0 Å². The van der Waals surface area contributed by atoms with Crippen LogP contribution in [0.2, 0.25) is 0 Å². The summed E-state index contributed by atoms with van der Waals surface area (Å²) < 4.78 is 4.99. The highest BCUT2D eigenvalue weighted by atomic mass is 16.5. The van der Waals surface area contributed by atoms with Crippen LogP contribution in [-0.4, -0.2) is 55.3 Å². The number of carbonyl (C=O) groups excluding carboxylic acids is 1. The monoisotopic (exact) mass is 279 g/mol. The Labute approximate surface area is 116 Å². The van der Waals surface area contributed by atoms with E-state index in [9.17, 15) is 14.7 Å². The van der Waals surface area contributed by atoms with Crippen molar-refractivity contribution >= 4 is 17.7 Å². The van der Waals surface area contributed by atoms with Crippen LogP contribution in [0, 0.1) is 0 Å². The summed E-state index contributed by atoms with van der Waals surface area (Å²) >= 11 is 0. The molecule has 1 fully saturated rings. The normalized spacial score (nSPS) is 14.8. The molecule has 0 bridgehead atoms. The van der Waals surface area contributed by atoms with Gasteiger partial charge in [0.2, 0.25) is 0 Å². The van der Waals surface area contributed by atoms with Gasteiger partial charge in [-0.25, -0.2) is 9.59 Å². The van der Waals surface area contributed by atoms with E-state index in [0.717, 1.165) is 13.1 Å². The van der Waals surface area contributed by atoms with Crippen molar-refractivity contribution in [3.8, 4) is 5.75 Å². The number of carboxylic acids is 1. The number of rotatable bonds is 3. The van der Waals surface area contributed by atoms with Crippen molar-refractivity contribution in [3.63, 3.8) is 0 Å². The Balaban J connectivity index is 2.15. The number of amides is 2. The topological polar surface area (TPSA) is 90.9 Å². The molecule has 108 valence electrons. The number of nitrogens with zero attached hydrogens (tertiary/aromatic N) is 1. The molecular weight excluding hydrogens is 262 g/mol. The van der Waals surface area contributed by atoms with Gasteiger partial charge in [0, 0.05) is 26.2 Å². The maximum Gasteiger partial charge on any atom is 0.337 e. The number of aromatic carboxylic acids is 1. The summed E-state index contributed by atoms with van der Waals surface area (Å²) in [6.07, 6.45) is 0. The average Bonchev–Trinajstić information content (AvgIpc) is 2.48. The van der Waals surface area contributed by atoms with Crippen molar-refractivity contribution in [1.29, 1.82) is 0 Å². The van der Waals surface area contributed by atoms with Crippen molar-refractivity contribution in [1.82, 2.24) is 10.2 Å². The Morgan fingerprint density at radius 1 is 1.35 bits per heavy atom. The SMILES string of the molecule is COc1ccc(NC(=O)N2CCNCC2)c(C(=O)O)c1. The van der Waals surface area contributed by atoms with Crippen LogP contribution in [-0.2, 0) is 0 Å². The molecule has 7 heteroatoms. The molecule has 20 heavy (non-hydrogen) atoms. The summed E-state index contributed by atoms with van der Waals surface area (Å²) in [4.78, 5) is 24.9. The molecule has 1 aliphatic heterocycles. The fraction of sp³-hybridized carbons (Fsp3) is 0.385. The zero-order chi connectivity index (χ0) is 14.5. The zero-order valence-electron chi connectivity index (χ0n) is 11.2. The van der Waals surface area contributed by atoms with Gasteiger partial charge in [-0.2, -0.15) is 0 Å². The molecule has 3 N–H and O–H groups in total. The molecule has 7 nitrogen and oxygen atoms in total. The maximum absolute atomic E-state index is 12.1. The first-order valence-corrected chi connectivity index (χ1v) is 6.30. The summed E-state index contributed by atoms with van der Waals surface area (Å²) in [6.45, 7) is 2.68. The van der Waals surface area contributed by atoms with E-state index < -0.39 is 5.97 Å². The number of anilines is 1. The highest BCUT2D eigenvalue weighted by molar-refractivity contribution is 6.00. The lowest BCUT2D eigenvalue weighted by atomic mass is 10.1. The predicted octanol–water partition coefficient (Wildman–Crippen LogP) is 0.831. The third kappa shape index (κ3) is 3.18. The predicted molar refractivity (Wildman–Crippen MR) is 73.4 cm³/mol. The van der Waals surface area contributed by atoms with E-state index in [1.807, 2.05) is 0 Å². The smallest absolute Gasteiger partial charge is 0.337 e. The van der Waals surface area contributed by atoms with Gasteiger partial charge < -0.3 is 25.4 Å². The van der Waals surface area contributed by atoms with Crippen molar-refractivity contribution in [2.45, 2.75) is 0 Å². The highest BCUT2D eigenvalue weighted by Crippen LogP contribution is 2.22. The van der Waals surface area contributed by atoms with Gasteiger partial charge >= 0.3 is 12.0 Å². The Morgan fingerprint density at radius 2 is 2.05 bits per heavy atom. The molecule has 0 aliphatic carbocycles. The van der Waals surface area contributed by atoms with Crippen LogP contribution in [0.3, 0.4) is 0 Å². The Morgan fingerprint density at radius 3 is 2.65 bits per heavy atom. The maximum atomic E-state index is 12.1. The third-order valence-electron chi connectivity index (χ3n) is 3.10. The van der Waals surface area contributed by atoms with E-state index in [4.69, 9.17) is 4.74 Å². The number of benzene rings is 1. The molecule has 0 aromatic heterocycles. The number of nitrogens with one attached hydrogen (secondary N) is 2. The van der Waals surface area contributed by atoms with Crippen LogP contribution in [0.1, 0.15) is 10.4 Å². The van der Waals surface area contributed by atoms with Crippen LogP contribution in [0.5, 0.6) is 5.75 Å². The van der Waals surface area contributed by atoms with Gasteiger partial charge in [-0.15, -0.1) is 0 Å². The molecule has 1 aromatic rings. The lowest BCUT2D eigenvalue weighted by Gasteiger charge is -2.27. The fourth-order valence-electron chi connectivity index (χ4n) is 2.00. The van der Waals surface area contributed by atoms with Gasteiger partial charge in [0.25, 0.3) is 0 Å². The number of hydrogen-bond donors (Lipinski definition) is 3.